The van der Waals surface area contributed by atoms with Gasteiger partial charge in [0.05, 0.1) is 6.54 Å². The Labute approximate surface area is 160 Å². The summed E-state index contributed by atoms with van der Waals surface area (Å²) < 4.78 is 30.4. The number of imidazole rings is 1. The van der Waals surface area contributed by atoms with E-state index >= 15 is 0 Å². The van der Waals surface area contributed by atoms with Crippen molar-refractivity contribution in [3.63, 3.8) is 0 Å². The number of fused-ring (bicyclic) bond motifs is 2. The molecule has 0 bridgehead atoms. The van der Waals surface area contributed by atoms with Crippen LogP contribution in [0.4, 0.5) is 8.87 Å². The molecular formula is C21H20F2N4O. The van der Waals surface area contributed by atoms with E-state index < -0.39 is 11.4 Å². The van der Waals surface area contributed by atoms with Gasteiger partial charge in [-0.3, -0.25) is 4.79 Å². The molecule has 3 aromatic heterocycles. The van der Waals surface area contributed by atoms with Crippen LogP contribution >= 0.6 is 0 Å². The van der Waals surface area contributed by atoms with Crippen LogP contribution in [-0.4, -0.2) is 19.3 Å². The van der Waals surface area contributed by atoms with Crippen LogP contribution in [0.25, 0.3) is 22.1 Å². The number of aromatic nitrogens is 4. The lowest BCUT2D eigenvalue weighted by molar-refractivity contribution is 0.365. The third-order valence-corrected chi connectivity index (χ3v) is 5.23. The number of nitrogens with zero attached hydrogens (tertiary/aromatic N) is 4. The van der Waals surface area contributed by atoms with Crippen LogP contribution in [0.3, 0.4) is 0 Å². The number of hydrogen-bond donors (Lipinski definition) is 0. The Bertz CT molecular complexity index is 1220. The molecule has 0 aliphatic carbocycles. The van der Waals surface area contributed by atoms with E-state index in [4.69, 9.17) is 4.98 Å². The zero-order chi connectivity index (χ0) is 19.8. The van der Waals surface area contributed by atoms with Gasteiger partial charge in [0.25, 0.3) is 5.56 Å². The Hall–Kier alpha value is -3.09. The number of pyridine rings is 2. The summed E-state index contributed by atoms with van der Waals surface area (Å²) in [5.41, 5.74) is 0.753. The van der Waals surface area contributed by atoms with Crippen molar-refractivity contribution in [2.75, 3.05) is 0 Å². The minimum absolute atomic E-state index is 0.139. The molecule has 0 unspecified atom stereocenters. The predicted octanol–water partition coefficient (Wildman–Crippen LogP) is 4.57. The van der Waals surface area contributed by atoms with Crippen molar-refractivity contribution in [1.82, 2.24) is 19.3 Å². The lowest BCUT2D eigenvalue weighted by Crippen LogP contribution is -2.18. The SMILES string of the molecule is CCC(CC)c1nc2cccnc2n1Cc1cc(=O)n(F)c2c(F)cccc12. The molecule has 0 aliphatic heterocycles. The molecule has 5 nitrogen and oxygen atoms in total. The Morgan fingerprint density at radius 2 is 1.93 bits per heavy atom. The molecule has 4 aromatic rings. The highest BCUT2D eigenvalue weighted by Gasteiger charge is 2.20. The van der Waals surface area contributed by atoms with Crippen molar-refractivity contribution >= 4 is 22.1 Å². The zero-order valence-corrected chi connectivity index (χ0v) is 15.7. The summed E-state index contributed by atoms with van der Waals surface area (Å²) in [7, 11) is 0. The summed E-state index contributed by atoms with van der Waals surface area (Å²) in [4.78, 5) is 21.2. The van der Waals surface area contributed by atoms with E-state index in [1.165, 1.54) is 12.1 Å². The lowest BCUT2D eigenvalue weighted by Gasteiger charge is -2.16. The smallest absolute Gasteiger partial charge is 0.279 e. The van der Waals surface area contributed by atoms with Crippen LogP contribution in [0.1, 0.15) is 44.0 Å². The third-order valence-electron chi connectivity index (χ3n) is 5.23. The highest BCUT2D eigenvalue weighted by Crippen LogP contribution is 2.28. The summed E-state index contributed by atoms with van der Waals surface area (Å²) in [5, 5.41) is 0.357. The van der Waals surface area contributed by atoms with E-state index in [9.17, 15) is 13.7 Å². The van der Waals surface area contributed by atoms with Crippen molar-refractivity contribution < 1.29 is 8.87 Å². The highest BCUT2D eigenvalue weighted by atomic mass is 19.2. The lowest BCUT2D eigenvalue weighted by atomic mass is 10.0. The molecule has 0 N–H and O–H groups in total. The number of hydrogen-bond acceptors (Lipinski definition) is 3. The van der Waals surface area contributed by atoms with Gasteiger partial charge < -0.3 is 4.57 Å². The molecular weight excluding hydrogens is 362 g/mol. The predicted molar refractivity (Wildman–Crippen MR) is 105 cm³/mol. The van der Waals surface area contributed by atoms with Crippen LogP contribution in [-0.2, 0) is 6.54 Å². The summed E-state index contributed by atoms with van der Waals surface area (Å²) in [5.74, 6) is 0.319. The molecule has 4 rings (SSSR count). The molecule has 0 spiro atoms. The van der Waals surface area contributed by atoms with E-state index in [2.05, 4.69) is 18.8 Å². The molecule has 28 heavy (non-hydrogen) atoms. The van der Waals surface area contributed by atoms with Crippen molar-refractivity contribution in [2.24, 2.45) is 0 Å². The first-order chi connectivity index (χ1) is 13.5. The minimum Gasteiger partial charge on any atom is -0.308 e. The topological polar surface area (TPSA) is 52.7 Å². The zero-order valence-electron chi connectivity index (χ0n) is 15.7. The third kappa shape index (κ3) is 2.87. The molecule has 1 aromatic carbocycles. The van der Waals surface area contributed by atoms with Gasteiger partial charge in [-0.25, -0.2) is 14.4 Å². The number of para-hydroxylation sites is 1. The molecule has 7 heteroatoms. The summed E-state index contributed by atoms with van der Waals surface area (Å²) in [6.45, 7) is 4.45. The Kier molecular flexibility index (Phi) is 4.66. The summed E-state index contributed by atoms with van der Waals surface area (Å²) >= 11 is 0. The minimum atomic E-state index is -0.894. The second-order valence-electron chi connectivity index (χ2n) is 6.84. The monoisotopic (exact) mass is 382 g/mol. The van der Waals surface area contributed by atoms with Crippen LogP contribution < -0.4 is 5.56 Å². The maximum atomic E-state index is 14.2. The van der Waals surface area contributed by atoms with Gasteiger partial charge in [-0.1, -0.05) is 30.5 Å². The molecule has 0 amide bonds. The van der Waals surface area contributed by atoms with E-state index in [0.29, 0.717) is 16.6 Å². The Morgan fingerprint density at radius 1 is 1.14 bits per heavy atom. The fourth-order valence-corrected chi connectivity index (χ4v) is 3.77. The van der Waals surface area contributed by atoms with Crippen molar-refractivity contribution in [3.05, 3.63) is 70.2 Å². The first-order valence-corrected chi connectivity index (χ1v) is 9.35. The van der Waals surface area contributed by atoms with Crippen molar-refractivity contribution in [3.8, 4) is 0 Å². The maximum Gasteiger partial charge on any atom is 0.279 e. The fraction of sp³-hybridized carbons (Fsp3) is 0.286. The average molecular weight is 382 g/mol. The van der Waals surface area contributed by atoms with Crippen LogP contribution in [0.2, 0.25) is 0 Å². The van der Waals surface area contributed by atoms with Crippen LogP contribution in [0.5, 0.6) is 0 Å². The van der Waals surface area contributed by atoms with E-state index in [1.807, 2.05) is 16.7 Å². The Balaban J connectivity index is 1.97. The highest BCUT2D eigenvalue weighted by molar-refractivity contribution is 5.83. The van der Waals surface area contributed by atoms with Gasteiger partial charge in [0.15, 0.2) is 5.65 Å². The molecule has 144 valence electrons. The standard InChI is InChI=1S/C21H20F2N4O/c1-3-13(4-2)20-25-17-9-6-10-24-21(17)26(20)12-14-11-18(28)27(23)19-15(14)7-5-8-16(19)22/h5-11,13H,3-4,12H2,1-2H3. The molecule has 0 fully saturated rings. The molecule has 0 atom stereocenters. The molecule has 0 saturated carbocycles. The van der Waals surface area contributed by atoms with Crippen molar-refractivity contribution in [1.29, 1.82) is 0 Å². The van der Waals surface area contributed by atoms with Crippen molar-refractivity contribution in [2.45, 2.75) is 39.2 Å². The first-order valence-electron chi connectivity index (χ1n) is 9.35. The first kappa shape index (κ1) is 18.3. The van der Waals surface area contributed by atoms with E-state index in [1.54, 1.807) is 12.3 Å². The van der Waals surface area contributed by atoms with E-state index in [-0.39, 0.29) is 22.8 Å². The fourth-order valence-electron chi connectivity index (χ4n) is 3.77. The van der Waals surface area contributed by atoms with E-state index in [0.717, 1.165) is 30.2 Å². The van der Waals surface area contributed by atoms with Gasteiger partial charge in [-0.2, -0.15) is 0 Å². The molecule has 0 aliphatic rings. The van der Waals surface area contributed by atoms with Crippen LogP contribution in [0.15, 0.2) is 47.4 Å². The second-order valence-corrected chi connectivity index (χ2v) is 6.84. The largest absolute Gasteiger partial charge is 0.308 e. The molecule has 0 radical (unpaired) electrons. The number of benzene rings is 1. The van der Waals surface area contributed by atoms with Gasteiger partial charge in [0.2, 0.25) is 0 Å². The van der Waals surface area contributed by atoms with Gasteiger partial charge in [-0.15, -0.1) is 4.79 Å². The number of rotatable bonds is 5. The van der Waals surface area contributed by atoms with Gasteiger partial charge >= 0.3 is 0 Å². The summed E-state index contributed by atoms with van der Waals surface area (Å²) in [6.07, 6.45) is 3.50. The molecule has 3 heterocycles. The quantitative estimate of drug-likeness (QED) is 0.508. The maximum absolute atomic E-state index is 14.2. The van der Waals surface area contributed by atoms with Crippen LogP contribution in [0, 0.1) is 5.82 Å². The Morgan fingerprint density at radius 3 is 2.68 bits per heavy atom. The normalized spacial score (nSPS) is 11.8. The summed E-state index contributed by atoms with van der Waals surface area (Å²) in [6, 6.07) is 9.20. The van der Waals surface area contributed by atoms with Gasteiger partial charge in [-0.05, 0) is 36.6 Å². The molecule has 0 saturated heterocycles. The van der Waals surface area contributed by atoms with Gasteiger partial charge in [0, 0.05) is 23.6 Å². The number of halogens is 2. The second kappa shape index (κ2) is 7.14. The van der Waals surface area contributed by atoms with Gasteiger partial charge in [0.1, 0.15) is 22.7 Å². The average Bonchev–Trinajstić information content (AvgIpc) is 3.05.